The molecule has 1 atom stereocenters. The molecule has 0 saturated heterocycles. The van der Waals surface area contributed by atoms with Crippen molar-refractivity contribution in [3.8, 4) is 0 Å². The van der Waals surface area contributed by atoms with Crippen molar-refractivity contribution in [1.29, 1.82) is 0 Å². The molecule has 0 aliphatic heterocycles. The third-order valence-corrected chi connectivity index (χ3v) is 4.20. The summed E-state index contributed by atoms with van der Waals surface area (Å²) in [5.74, 6) is 0. The topological polar surface area (TPSA) is 43.8 Å². The van der Waals surface area contributed by atoms with Crippen molar-refractivity contribution in [3.63, 3.8) is 0 Å². The zero-order valence-corrected chi connectivity index (χ0v) is 12.8. The summed E-state index contributed by atoms with van der Waals surface area (Å²) in [6, 6.07) is 12.6. The van der Waals surface area contributed by atoms with E-state index in [1.165, 1.54) is 22.3 Å². The van der Waals surface area contributed by atoms with E-state index in [1.807, 2.05) is 24.5 Å². The maximum atomic E-state index is 6.45. The van der Waals surface area contributed by atoms with Crippen LogP contribution in [0.1, 0.15) is 28.3 Å². The minimum atomic E-state index is -0.0260. The predicted octanol–water partition coefficient (Wildman–Crippen LogP) is 3.66. The van der Waals surface area contributed by atoms with Crippen LogP contribution in [0, 0.1) is 20.8 Å². The van der Waals surface area contributed by atoms with Crippen molar-refractivity contribution in [2.24, 2.45) is 5.73 Å². The van der Waals surface area contributed by atoms with Gasteiger partial charge in [0.25, 0.3) is 0 Å². The molecular formula is C18H21N3. The SMILES string of the molecule is Cc1cc(C)c(C(N)Cn2cnc3ccccc32)cc1C. The Bertz CT molecular complexity index is 786. The highest BCUT2D eigenvalue weighted by molar-refractivity contribution is 5.74. The van der Waals surface area contributed by atoms with Crippen LogP contribution in [0.2, 0.25) is 0 Å². The van der Waals surface area contributed by atoms with Gasteiger partial charge in [0.05, 0.1) is 17.4 Å². The highest BCUT2D eigenvalue weighted by atomic mass is 15.1. The lowest BCUT2D eigenvalue weighted by Crippen LogP contribution is -2.18. The van der Waals surface area contributed by atoms with Gasteiger partial charge in [-0.2, -0.15) is 0 Å². The molecular weight excluding hydrogens is 258 g/mol. The smallest absolute Gasteiger partial charge is 0.0958 e. The molecule has 0 spiro atoms. The highest BCUT2D eigenvalue weighted by Crippen LogP contribution is 2.23. The van der Waals surface area contributed by atoms with Crippen LogP contribution in [0.5, 0.6) is 0 Å². The number of hydrogen-bond donors (Lipinski definition) is 1. The molecule has 0 saturated carbocycles. The fourth-order valence-electron chi connectivity index (χ4n) is 2.85. The summed E-state index contributed by atoms with van der Waals surface area (Å²) in [6.07, 6.45) is 1.88. The monoisotopic (exact) mass is 279 g/mol. The molecule has 0 bridgehead atoms. The summed E-state index contributed by atoms with van der Waals surface area (Å²) < 4.78 is 2.13. The molecule has 0 fully saturated rings. The fraction of sp³-hybridized carbons (Fsp3) is 0.278. The number of fused-ring (bicyclic) bond motifs is 1. The fourth-order valence-corrected chi connectivity index (χ4v) is 2.85. The Balaban J connectivity index is 1.93. The van der Waals surface area contributed by atoms with Crippen molar-refractivity contribution >= 4 is 11.0 Å². The number of imidazole rings is 1. The number of benzene rings is 2. The average molecular weight is 279 g/mol. The van der Waals surface area contributed by atoms with Gasteiger partial charge in [0.1, 0.15) is 0 Å². The van der Waals surface area contributed by atoms with Crippen molar-refractivity contribution in [1.82, 2.24) is 9.55 Å². The van der Waals surface area contributed by atoms with Crippen molar-refractivity contribution < 1.29 is 0 Å². The summed E-state index contributed by atoms with van der Waals surface area (Å²) in [4.78, 5) is 4.43. The van der Waals surface area contributed by atoms with E-state index in [9.17, 15) is 0 Å². The molecule has 21 heavy (non-hydrogen) atoms. The Kier molecular flexibility index (Phi) is 3.52. The molecule has 0 aliphatic carbocycles. The number of nitrogens with two attached hydrogens (primary N) is 1. The molecule has 2 N–H and O–H groups in total. The molecule has 1 unspecified atom stereocenters. The van der Waals surface area contributed by atoms with E-state index in [1.54, 1.807) is 0 Å². The van der Waals surface area contributed by atoms with Gasteiger partial charge in [-0.25, -0.2) is 4.98 Å². The Morgan fingerprint density at radius 2 is 1.76 bits per heavy atom. The molecule has 0 radical (unpaired) electrons. The van der Waals surface area contributed by atoms with E-state index in [2.05, 4.69) is 48.5 Å². The van der Waals surface area contributed by atoms with Crippen LogP contribution in [-0.2, 0) is 6.54 Å². The second-order valence-corrected chi connectivity index (χ2v) is 5.79. The van der Waals surface area contributed by atoms with Crippen LogP contribution in [0.4, 0.5) is 0 Å². The molecule has 2 aromatic carbocycles. The molecule has 3 rings (SSSR count). The maximum absolute atomic E-state index is 6.45. The normalized spacial score (nSPS) is 12.8. The first kappa shape index (κ1) is 13.8. The van der Waals surface area contributed by atoms with Gasteiger partial charge >= 0.3 is 0 Å². The lowest BCUT2D eigenvalue weighted by atomic mass is 9.96. The number of rotatable bonds is 3. The van der Waals surface area contributed by atoms with Crippen LogP contribution < -0.4 is 5.73 Å². The van der Waals surface area contributed by atoms with E-state index >= 15 is 0 Å². The van der Waals surface area contributed by atoms with Crippen LogP contribution in [-0.4, -0.2) is 9.55 Å². The van der Waals surface area contributed by atoms with E-state index in [4.69, 9.17) is 5.73 Å². The van der Waals surface area contributed by atoms with E-state index < -0.39 is 0 Å². The largest absolute Gasteiger partial charge is 0.329 e. The molecule has 0 amide bonds. The second kappa shape index (κ2) is 5.34. The standard InChI is InChI=1S/C18H21N3/c1-12-8-14(3)15(9-13(12)2)16(19)10-21-11-20-17-6-4-5-7-18(17)21/h4-9,11,16H,10,19H2,1-3H3. The Morgan fingerprint density at radius 1 is 1.05 bits per heavy atom. The Hall–Kier alpha value is -2.13. The van der Waals surface area contributed by atoms with Gasteiger partial charge in [-0.3, -0.25) is 0 Å². The Labute approximate surface area is 125 Å². The van der Waals surface area contributed by atoms with Crippen LogP contribution in [0.15, 0.2) is 42.7 Å². The summed E-state index contributed by atoms with van der Waals surface area (Å²) in [6.45, 7) is 7.15. The van der Waals surface area contributed by atoms with Crippen LogP contribution >= 0.6 is 0 Å². The van der Waals surface area contributed by atoms with Gasteiger partial charge in [-0.1, -0.05) is 24.3 Å². The van der Waals surface area contributed by atoms with Gasteiger partial charge in [0.2, 0.25) is 0 Å². The molecule has 1 aromatic heterocycles. The number of nitrogens with zero attached hydrogens (tertiary/aromatic N) is 2. The molecule has 3 heteroatoms. The third kappa shape index (κ3) is 2.57. The summed E-state index contributed by atoms with van der Waals surface area (Å²) in [5.41, 5.74) is 13.7. The minimum absolute atomic E-state index is 0.0260. The minimum Gasteiger partial charge on any atom is -0.329 e. The highest BCUT2D eigenvalue weighted by Gasteiger charge is 2.12. The van der Waals surface area contributed by atoms with Gasteiger partial charge in [0, 0.05) is 12.6 Å². The van der Waals surface area contributed by atoms with E-state index in [0.29, 0.717) is 0 Å². The number of hydrogen-bond acceptors (Lipinski definition) is 2. The second-order valence-electron chi connectivity index (χ2n) is 5.79. The summed E-state index contributed by atoms with van der Waals surface area (Å²) in [7, 11) is 0. The van der Waals surface area contributed by atoms with Crippen molar-refractivity contribution in [3.05, 3.63) is 65.0 Å². The molecule has 0 aliphatic rings. The van der Waals surface area contributed by atoms with E-state index in [-0.39, 0.29) is 6.04 Å². The van der Waals surface area contributed by atoms with Crippen molar-refractivity contribution in [2.45, 2.75) is 33.4 Å². The average Bonchev–Trinajstić information content (AvgIpc) is 2.86. The van der Waals surface area contributed by atoms with Crippen LogP contribution in [0.25, 0.3) is 11.0 Å². The van der Waals surface area contributed by atoms with Gasteiger partial charge in [0.15, 0.2) is 0 Å². The summed E-state index contributed by atoms with van der Waals surface area (Å²) >= 11 is 0. The summed E-state index contributed by atoms with van der Waals surface area (Å²) in [5, 5.41) is 0. The Morgan fingerprint density at radius 3 is 2.57 bits per heavy atom. The van der Waals surface area contributed by atoms with Gasteiger partial charge in [-0.15, -0.1) is 0 Å². The first-order chi connectivity index (χ1) is 10.1. The van der Waals surface area contributed by atoms with E-state index in [0.717, 1.165) is 17.6 Å². The van der Waals surface area contributed by atoms with Gasteiger partial charge in [-0.05, 0) is 55.2 Å². The van der Waals surface area contributed by atoms with Crippen LogP contribution in [0.3, 0.4) is 0 Å². The number of aryl methyl sites for hydroxylation is 3. The molecule has 1 heterocycles. The molecule has 3 aromatic rings. The first-order valence-electron chi connectivity index (χ1n) is 7.29. The van der Waals surface area contributed by atoms with Gasteiger partial charge < -0.3 is 10.3 Å². The first-order valence-corrected chi connectivity index (χ1v) is 7.29. The number of aromatic nitrogens is 2. The lowest BCUT2D eigenvalue weighted by molar-refractivity contribution is 0.585. The van der Waals surface area contributed by atoms with Crippen molar-refractivity contribution in [2.75, 3.05) is 0 Å². The predicted molar refractivity (Wildman–Crippen MR) is 87.3 cm³/mol. The number of para-hydroxylation sites is 2. The lowest BCUT2D eigenvalue weighted by Gasteiger charge is -2.18. The zero-order chi connectivity index (χ0) is 15.0. The molecule has 3 nitrogen and oxygen atoms in total. The maximum Gasteiger partial charge on any atom is 0.0958 e. The quantitative estimate of drug-likeness (QED) is 0.795. The third-order valence-electron chi connectivity index (χ3n) is 4.20. The molecule has 108 valence electrons. The zero-order valence-electron chi connectivity index (χ0n) is 12.8.